The molecule has 4 N–H and O–H groups in total. The normalized spacial score (nSPS) is 9.00. The molecule has 0 radical (unpaired) electrons. The maximum atomic E-state index is 5.19. The van der Waals surface area contributed by atoms with Crippen molar-refractivity contribution in [3.8, 4) is 0 Å². The minimum atomic E-state index is 0. The molecule has 0 atom stereocenters. The SMILES string of the molecule is Br.NC(N)=NCCc1ccc(I)s1. The number of nitrogens with two attached hydrogens (primary N) is 2. The second-order valence-corrected chi connectivity index (χ2v) is 5.32. The lowest BCUT2D eigenvalue weighted by Crippen LogP contribution is -2.23. The van der Waals surface area contributed by atoms with E-state index in [0.29, 0.717) is 6.54 Å². The Kier molecular flexibility index (Phi) is 6.70. The molecule has 1 aromatic heterocycles. The average Bonchev–Trinajstić information content (AvgIpc) is 2.35. The van der Waals surface area contributed by atoms with Crippen LogP contribution in [0.5, 0.6) is 0 Å². The van der Waals surface area contributed by atoms with E-state index in [2.05, 4.69) is 39.7 Å². The first-order valence-corrected chi connectivity index (χ1v) is 5.37. The lowest BCUT2D eigenvalue weighted by molar-refractivity contribution is 0.981. The Morgan fingerprint density at radius 2 is 2.15 bits per heavy atom. The van der Waals surface area contributed by atoms with Crippen molar-refractivity contribution in [1.82, 2.24) is 0 Å². The highest BCUT2D eigenvalue weighted by Crippen LogP contribution is 2.18. The molecule has 0 spiro atoms. The highest BCUT2D eigenvalue weighted by Gasteiger charge is 1.95. The van der Waals surface area contributed by atoms with E-state index in [4.69, 9.17) is 11.5 Å². The number of guanidine groups is 1. The Bertz CT molecular complexity index is 283. The van der Waals surface area contributed by atoms with Crippen LogP contribution in [0.15, 0.2) is 17.1 Å². The first-order chi connectivity index (χ1) is 5.68. The van der Waals surface area contributed by atoms with Gasteiger partial charge in [-0.3, -0.25) is 4.99 Å². The summed E-state index contributed by atoms with van der Waals surface area (Å²) in [5.41, 5.74) is 10.4. The average molecular weight is 376 g/mol. The van der Waals surface area contributed by atoms with Gasteiger partial charge in [0.2, 0.25) is 0 Å². The highest BCUT2D eigenvalue weighted by atomic mass is 127. The summed E-state index contributed by atoms with van der Waals surface area (Å²) in [5.74, 6) is 0.168. The van der Waals surface area contributed by atoms with Crippen molar-refractivity contribution in [3.63, 3.8) is 0 Å². The van der Waals surface area contributed by atoms with Crippen LogP contribution in [0.1, 0.15) is 4.88 Å². The van der Waals surface area contributed by atoms with Crippen LogP contribution in [0.4, 0.5) is 0 Å². The molecule has 1 heterocycles. The van der Waals surface area contributed by atoms with Crippen molar-refractivity contribution in [3.05, 3.63) is 19.9 Å². The highest BCUT2D eigenvalue weighted by molar-refractivity contribution is 14.1. The van der Waals surface area contributed by atoms with Crippen molar-refractivity contribution in [2.45, 2.75) is 6.42 Å². The van der Waals surface area contributed by atoms with Gasteiger partial charge in [0, 0.05) is 17.8 Å². The van der Waals surface area contributed by atoms with Crippen molar-refractivity contribution >= 4 is 56.9 Å². The third-order valence-corrected chi connectivity index (χ3v) is 3.24. The van der Waals surface area contributed by atoms with Crippen LogP contribution < -0.4 is 11.5 Å². The number of hydrogen-bond acceptors (Lipinski definition) is 2. The van der Waals surface area contributed by atoms with Crippen LogP contribution in [0.3, 0.4) is 0 Å². The first kappa shape index (κ1) is 13.2. The van der Waals surface area contributed by atoms with Gasteiger partial charge in [-0.25, -0.2) is 0 Å². The second kappa shape index (κ2) is 6.61. The summed E-state index contributed by atoms with van der Waals surface area (Å²) in [6, 6.07) is 4.20. The number of nitrogens with zero attached hydrogens (tertiary/aromatic N) is 1. The van der Waals surface area contributed by atoms with E-state index in [9.17, 15) is 0 Å². The fourth-order valence-corrected chi connectivity index (χ4v) is 2.53. The molecule has 6 heteroatoms. The summed E-state index contributed by atoms with van der Waals surface area (Å²) < 4.78 is 1.30. The van der Waals surface area contributed by atoms with Crippen LogP contribution in [0.25, 0.3) is 0 Å². The van der Waals surface area contributed by atoms with Gasteiger partial charge in [-0.05, 0) is 34.7 Å². The lowest BCUT2D eigenvalue weighted by atomic mass is 10.3. The largest absolute Gasteiger partial charge is 0.370 e. The molecule has 0 amide bonds. The Labute approximate surface area is 106 Å². The Morgan fingerprint density at radius 1 is 1.46 bits per heavy atom. The fraction of sp³-hybridized carbons (Fsp3) is 0.286. The molecule has 0 aromatic carbocycles. The molecular weight excluding hydrogens is 365 g/mol. The zero-order chi connectivity index (χ0) is 8.97. The summed E-state index contributed by atoms with van der Waals surface area (Å²) in [4.78, 5) is 5.23. The molecule has 1 rings (SSSR count). The van der Waals surface area contributed by atoms with Gasteiger partial charge in [-0.15, -0.1) is 28.3 Å². The van der Waals surface area contributed by atoms with Gasteiger partial charge in [0.25, 0.3) is 0 Å². The molecule has 0 saturated carbocycles. The zero-order valence-corrected chi connectivity index (χ0v) is 11.6. The number of halogens is 2. The van der Waals surface area contributed by atoms with Crippen molar-refractivity contribution in [2.24, 2.45) is 16.5 Å². The smallest absolute Gasteiger partial charge is 0.185 e. The van der Waals surface area contributed by atoms with E-state index >= 15 is 0 Å². The summed E-state index contributed by atoms with van der Waals surface area (Å²) in [7, 11) is 0. The molecule has 13 heavy (non-hydrogen) atoms. The van der Waals surface area contributed by atoms with Crippen LogP contribution in [0.2, 0.25) is 0 Å². The van der Waals surface area contributed by atoms with Crippen molar-refractivity contribution < 1.29 is 0 Å². The maximum Gasteiger partial charge on any atom is 0.185 e. The lowest BCUT2D eigenvalue weighted by Gasteiger charge is -1.92. The summed E-state index contributed by atoms with van der Waals surface area (Å²) in [6.45, 7) is 0.679. The quantitative estimate of drug-likeness (QED) is 0.480. The number of aliphatic imine (C=N–C) groups is 1. The molecule has 0 fully saturated rings. The van der Waals surface area contributed by atoms with E-state index in [1.165, 1.54) is 7.76 Å². The molecule has 0 aliphatic heterocycles. The minimum Gasteiger partial charge on any atom is -0.370 e. The molecule has 0 saturated heterocycles. The van der Waals surface area contributed by atoms with E-state index < -0.39 is 0 Å². The van der Waals surface area contributed by atoms with Gasteiger partial charge >= 0.3 is 0 Å². The van der Waals surface area contributed by atoms with E-state index in [1.54, 1.807) is 11.3 Å². The van der Waals surface area contributed by atoms with Gasteiger partial charge in [-0.2, -0.15) is 0 Å². The van der Waals surface area contributed by atoms with E-state index in [0.717, 1.165) is 6.42 Å². The molecule has 0 aliphatic carbocycles. The standard InChI is InChI=1S/C7H10IN3S.BrH/c8-6-2-1-5(12-6)3-4-11-7(9)10;/h1-2H,3-4H2,(H4,9,10,11);1H. The molecule has 0 unspecified atom stereocenters. The van der Waals surface area contributed by atoms with Crippen molar-refractivity contribution in [2.75, 3.05) is 6.54 Å². The Morgan fingerprint density at radius 3 is 2.62 bits per heavy atom. The molecule has 0 aliphatic rings. The number of thiophene rings is 1. The Balaban J connectivity index is 0.00000144. The van der Waals surface area contributed by atoms with Gasteiger partial charge < -0.3 is 11.5 Å². The molecule has 0 bridgehead atoms. The first-order valence-electron chi connectivity index (χ1n) is 3.48. The summed E-state index contributed by atoms with van der Waals surface area (Å²) >= 11 is 4.07. The van der Waals surface area contributed by atoms with Crippen molar-refractivity contribution in [1.29, 1.82) is 0 Å². The van der Waals surface area contributed by atoms with Crippen LogP contribution in [-0.2, 0) is 6.42 Å². The van der Waals surface area contributed by atoms with E-state index in [1.807, 2.05) is 0 Å². The van der Waals surface area contributed by atoms with E-state index in [-0.39, 0.29) is 22.9 Å². The van der Waals surface area contributed by atoms with Crippen LogP contribution >= 0.6 is 50.9 Å². The minimum absolute atomic E-state index is 0. The third kappa shape index (κ3) is 5.48. The maximum absolute atomic E-state index is 5.19. The van der Waals surface area contributed by atoms with Crippen LogP contribution in [-0.4, -0.2) is 12.5 Å². The topological polar surface area (TPSA) is 64.4 Å². The molecule has 1 aromatic rings. The predicted molar refractivity (Wildman–Crippen MR) is 71.7 cm³/mol. The molecule has 74 valence electrons. The van der Waals surface area contributed by atoms with Gasteiger partial charge in [-0.1, -0.05) is 0 Å². The van der Waals surface area contributed by atoms with Crippen LogP contribution in [0, 0.1) is 2.88 Å². The zero-order valence-electron chi connectivity index (χ0n) is 6.87. The number of rotatable bonds is 3. The summed E-state index contributed by atoms with van der Waals surface area (Å²) in [6.07, 6.45) is 0.922. The van der Waals surface area contributed by atoms with Gasteiger partial charge in [0.1, 0.15) is 0 Å². The Hall–Kier alpha value is 0.180. The third-order valence-electron chi connectivity index (χ3n) is 1.28. The predicted octanol–water partition coefficient (Wildman–Crippen LogP) is 1.75. The number of hydrogen-bond donors (Lipinski definition) is 2. The fourth-order valence-electron chi connectivity index (χ4n) is 0.781. The molecular formula is C7H11BrIN3S. The monoisotopic (exact) mass is 375 g/mol. The molecule has 3 nitrogen and oxygen atoms in total. The second-order valence-electron chi connectivity index (χ2n) is 2.26. The summed E-state index contributed by atoms with van der Waals surface area (Å²) in [5, 5.41) is 0. The van der Waals surface area contributed by atoms with Gasteiger partial charge in [0.15, 0.2) is 5.96 Å². The van der Waals surface area contributed by atoms with Gasteiger partial charge in [0.05, 0.1) is 2.88 Å².